The second-order valence-corrected chi connectivity index (χ2v) is 6.92. The van der Waals surface area contributed by atoms with Gasteiger partial charge in [0.2, 0.25) is 10.0 Å². The van der Waals surface area contributed by atoms with Gasteiger partial charge in [-0.15, -0.1) is 0 Å². The molecule has 1 rings (SSSR count). The molecule has 1 aromatic rings. The number of benzene rings is 1. The Morgan fingerprint density at radius 2 is 1.74 bits per heavy atom. The molecular weight excluding hydrogens is 313 g/mol. The number of sulfonamides is 1. The van der Waals surface area contributed by atoms with E-state index < -0.39 is 16.1 Å². The predicted molar refractivity (Wildman–Crippen MR) is 74.2 cm³/mol. The molecule has 0 heterocycles. The highest BCUT2D eigenvalue weighted by molar-refractivity contribution is 7.89. The molecule has 0 fully saturated rings. The summed E-state index contributed by atoms with van der Waals surface area (Å²) in [6.07, 6.45) is 0. The Morgan fingerprint density at radius 3 is 2.11 bits per heavy atom. The Hall–Kier alpha value is -0.530. The second kappa shape index (κ2) is 6.28. The van der Waals surface area contributed by atoms with Crippen molar-refractivity contribution in [3.05, 3.63) is 22.2 Å². The van der Waals surface area contributed by atoms with Gasteiger partial charge in [0.15, 0.2) is 5.75 Å². The maximum atomic E-state index is 12.1. The Kier molecular flexibility index (Phi) is 5.46. The van der Waals surface area contributed by atoms with E-state index in [0.717, 1.165) is 12.1 Å². The van der Waals surface area contributed by atoms with Crippen LogP contribution in [0.1, 0.15) is 13.8 Å². The van der Waals surface area contributed by atoms with Crippen molar-refractivity contribution in [2.75, 3.05) is 6.61 Å². The summed E-state index contributed by atoms with van der Waals surface area (Å²) in [6, 6.07) is 1.58. The lowest BCUT2D eigenvalue weighted by molar-refractivity contribution is 0.227. The molecule has 0 aliphatic heterocycles. The number of nitrogens with one attached hydrogen (secondary N) is 1. The molecule has 0 saturated heterocycles. The quantitative estimate of drug-likeness (QED) is 0.771. The third-order valence-corrected chi connectivity index (χ3v) is 4.65. The summed E-state index contributed by atoms with van der Waals surface area (Å²) in [5.41, 5.74) is 0. The van der Waals surface area contributed by atoms with Gasteiger partial charge < -0.3 is 10.2 Å². The summed E-state index contributed by atoms with van der Waals surface area (Å²) >= 11 is 11.4. The van der Waals surface area contributed by atoms with E-state index in [4.69, 9.17) is 28.3 Å². The van der Waals surface area contributed by atoms with Crippen LogP contribution in [0, 0.1) is 5.92 Å². The van der Waals surface area contributed by atoms with E-state index in [2.05, 4.69) is 4.72 Å². The highest BCUT2D eigenvalue weighted by atomic mass is 35.5. The van der Waals surface area contributed by atoms with E-state index in [-0.39, 0.29) is 33.2 Å². The van der Waals surface area contributed by atoms with Crippen LogP contribution in [0.2, 0.25) is 10.0 Å². The van der Waals surface area contributed by atoms with Crippen molar-refractivity contribution >= 4 is 33.2 Å². The van der Waals surface area contributed by atoms with Gasteiger partial charge in [-0.25, -0.2) is 13.1 Å². The molecule has 0 aromatic heterocycles. The monoisotopic (exact) mass is 327 g/mol. The minimum atomic E-state index is -3.87. The maximum absolute atomic E-state index is 12.1. The summed E-state index contributed by atoms with van der Waals surface area (Å²) in [6.45, 7) is 3.23. The SMILES string of the molecule is CC(C)[C@@H](CO)NS(=O)(=O)c1cc(Cl)c(O)c(Cl)c1. The van der Waals surface area contributed by atoms with Crippen molar-refractivity contribution in [1.82, 2.24) is 4.72 Å². The number of phenolic OH excluding ortho intramolecular Hbond substituents is 1. The number of phenols is 1. The third-order valence-electron chi connectivity index (χ3n) is 2.61. The van der Waals surface area contributed by atoms with E-state index in [1.54, 1.807) is 13.8 Å². The van der Waals surface area contributed by atoms with Crippen LogP contribution >= 0.6 is 23.2 Å². The zero-order valence-corrected chi connectivity index (χ0v) is 12.7. The van der Waals surface area contributed by atoms with Crippen molar-refractivity contribution < 1.29 is 18.6 Å². The summed E-state index contributed by atoms with van der Waals surface area (Å²) in [4.78, 5) is -0.167. The lowest BCUT2D eigenvalue weighted by atomic mass is 10.1. The standard InChI is InChI=1S/C11H15Cl2NO4S/c1-6(2)10(5-15)14-19(17,18)7-3-8(12)11(16)9(13)4-7/h3-4,6,10,14-16H,5H2,1-2H3/t10-/m1/s1. The topological polar surface area (TPSA) is 86.6 Å². The largest absolute Gasteiger partial charge is 0.505 e. The average Bonchev–Trinajstić information content (AvgIpc) is 2.32. The molecule has 0 spiro atoms. The molecule has 0 bridgehead atoms. The van der Waals surface area contributed by atoms with Crippen molar-refractivity contribution in [2.45, 2.75) is 24.8 Å². The maximum Gasteiger partial charge on any atom is 0.241 e. The average molecular weight is 328 g/mol. The molecule has 0 amide bonds. The Labute approximate surface area is 122 Å². The summed E-state index contributed by atoms with van der Waals surface area (Å²) in [7, 11) is -3.87. The van der Waals surface area contributed by atoms with Gasteiger partial charge in [0.25, 0.3) is 0 Å². The fourth-order valence-electron chi connectivity index (χ4n) is 1.35. The van der Waals surface area contributed by atoms with Crippen LogP contribution in [0.4, 0.5) is 0 Å². The number of hydrogen-bond acceptors (Lipinski definition) is 4. The molecule has 1 aromatic carbocycles. The first-order valence-electron chi connectivity index (χ1n) is 5.50. The first-order valence-corrected chi connectivity index (χ1v) is 7.74. The zero-order chi connectivity index (χ0) is 14.8. The number of aliphatic hydroxyl groups excluding tert-OH is 1. The third kappa shape index (κ3) is 3.97. The molecule has 0 saturated carbocycles. The summed E-state index contributed by atoms with van der Waals surface area (Å²) in [5.74, 6) is -0.451. The van der Waals surface area contributed by atoms with Gasteiger partial charge in [-0.1, -0.05) is 37.0 Å². The van der Waals surface area contributed by atoms with Gasteiger partial charge in [-0.2, -0.15) is 0 Å². The van der Waals surface area contributed by atoms with Gasteiger partial charge in [0.1, 0.15) is 0 Å². The van der Waals surface area contributed by atoms with E-state index in [9.17, 15) is 13.5 Å². The van der Waals surface area contributed by atoms with Crippen LogP contribution in [0.25, 0.3) is 0 Å². The van der Waals surface area contributed by atoms with Gasteiger partial charge in [-0.05, 0) is 18.1 Å². The molecule has 0 radical (unpaired) electrons. The fourth-order valence-corrected chi connectivity index (χ4v) is 3.39. The summed E-state index contributed by atoms with van der Waals surface area (Å²) in [5, 5.41) is 18.2. The number of rotatable bonds is 5. The van der Waals surface area contributed by atoms with Gasteiger partial charge in [-0.3, -0.25) is 0 Å². The molecule has 0 aliphatic carbocycles. The Bertz CT molecular complexity index is 537. The molecule has 0 unspecified atom stereocenters. The molecule has 108 valence electrons. The van der Waals surface area contributed by atoms with Crippen LogP contribution in [-0.2, 0) is 10.0 Å². The highest BCUT2D eigenvalue weighted by Gasteiger charge is 2.23. The minimum absolute atomic E-state index is 0.0807. The Balaban J connectivity index is 3.14. The number of aromatic hydroxyl groups is 1. The first kappa shape index (κ1) is 16.5. The number of halogens is 2. The molecular formula is C11H15Cl2NO4S. The van der Waals surface area contributed by atoms with E-state index in [1.807, 2.05) is 0 Å². The van der Waals surface area contributed by atoms with E-state index >= 15 is 0 Å². The second-order valence-electron chi connectivity index (χ2n) is 4.39. The number of hydrogen-bond donors (Lipinski definition) is 3. The molecule has 8 heteroatoms. The van der Waals surface area contributed by atoms with Gasteiger partial charge in [0, 0.05) is 6.04 Å². The smallest absolute Gasteiger partial charge is 0.241 e. The highest BCUT2D eigenvalue weighted by Crippen LogP contribution is 2.34. The van der Waals surface area contributed by atoms with Crippen molar-refractivity contribution in [3.63, 3.8) is 0 Å². The first-order chi connectivity index (χ1) is 8.69. The minimum Gasteiger partial charge on any atom is -0.505 e. The van der Waals surface area contributed by atoms with Crippen molar-refractivity contribution in [3.8, 4) is 5.75 Å². The fraction of sp³-hybridized carbons (Fsp3) is 0.455. The molecule has 0 aliphatic rings. The molecule has 5 nitrogen and oxygen atoms in total. The van der Waals surface area contributed by atoms with Crippen LogP contribution in [0.5, 0.6) is 5.75 Å². The lowest BCUT2D eigenvalue weighted by Crippen LogP contribution is -2.41. The van der Waals surface area contributed by atoms with Crippen LogP contribution in [-0.4, -0.2) is 31.3 Å². The molecule has 3 N–H and O–H groups in total. The number of aliphatic hydroxyl groups is 1. The van der Waals surface area contributed by atoms with Crippen molar-refractivity contribution in [2.24, 2.45) is 5.92 Å². The normalized spacial score (nSPS) is 13.8. The van der Waals surface area contributed by atoms with E-state index in [0.29, 0.717) is 0 Å². The Morgan fingerprint density at radius 1 is 1.26 bits per heavy atom. The van der Waals surface area contributed by atoms with Crippen molar-refractivity contribution in [1.29, 1.82) is 0 Å². The molecule has 1 atom stereocenters. The van der Waals surface area contributed by atoms with Crippen LogP contribution in [0.15, 0.2) is 17.0 Å². The van der Waals surface area contributed by atoms with Crippen LogP contribution in [0.3, 0.4) is 0 Å². The van der Waals surface area contributed by atoms with E-state index in [1.165, 1.54) is 0 Å². The van der Waals surface area contributed by atoms with Crippen LogP contribution < -0.4 is 4.72 Å². The van der Waals surface area contributed by atoms with Gasteiger partial charge >= 0.3 is 0 Å². The zero-order valence-electron chi connectivity index (χ0n) is 10.4. The summed E-state index contributed by atoms with van der Waals surface area (Å²) < 4.78 is 26.6. The lowest BCUT2D eigenvalue weighted by Gasteiger charge is -2.20. The van der Waals surface area contributed by atoms with Gasteiger partial charge in [0.05, 0.1) is 21.5 Å². The predicted octanol–water partition coefficient (Wildman–Crippen LogP) is 1.99. The molecule has 19 heavy (non-hydrogen) atoms.